The van der Waals surface area contributed by atoms with Gasteiger partial charge in [0, 0.05) is 36.8 Å². The molecule has 1 amide bonds. The second kappa shape index (κ2) is 7.07. The number of aryl methyl sites for hydroxylation is 1. The lowest BCUT2D eigenvalue weighted by molar-refractivity contribution is -0.137. The summed E-state index contributed by atoms with van der Waals surface area (Å²) < 4.78 is 0. The Morgan fingerprint density at radius 3 is 2.55 bits per heavy atom. The van der Waals surface area contributed by atoms with Crippen molar-refractivity contribution in [2.45, 2.75) is 57.9 Å². The molecule has 0 unspecified atom stereocenters. The zero-order chi connectivity index (χ0) is 15.4. The highest BCUT2D eigenvalue weighted by Crippen LogP contribution is 2.28. The van der Waals surface area contributed by atoms with Gasteiger partial charge in [0.05, 0.1) is 0 Å². The number of nitrogens with one attached hydrogen (secondary N) is 1. The molecule has 1 saturated heterocycles. The first-order valence-corrected chi connectivity index (χ1v) is 8.56. The lowest BCUT2D eigenvalue weighted by Crippen LogP contribution is -2.41. The van der Waals surface area contributed by atoms with Gasteiger partial charge in [-0.15, -0.1) is 0 Å². The number of rotatable bonds is 3. The summed E-state index contributed by atoms with van der Waals surface area (Å²) >= 11 is 0. The van der Waals surface area contributed by atoms with Crippen LogP contribution in [0.3, 0.4) is 0 Å². The zero-order valence-electron chi connectivity index (χ0n) is 13.4. The van der Waals surface area contributed by atoms with Gasteiger partial charge in [0.1, 0.15) is 12.1 Å². The van der Waals surface area contributed by atoms with Crippen LogP contribution >= 0.6 is 0 Å². The smallest absolute Gasteiger partial charge is 0.225 e. The third-order valence-electron chi connectivity index (χ3n) is 4.90. The number of carbonyl (C=O) groups excluding carboxylic acids is 1. The van der Waals surface area contributed by atoms with E-state index in [0.29, 0.717) is 11.9 Å². The van der Waals surface area contributed by atoms with Gasteiger partial charge in [0.15, 0.2) is 0 Å². The highest BCUT2D eigenvalue weighted by atomic mass is 16.2. The zero-order valence-corrected chi connectivity index (χ0v) is 13.4. The van der Waals surface area contributed by atoms with Crippen LogP contribution in [-0.2, 0) is 4.79 Å². The van der Waals surface area contributed by atoms with Gasteiger partial charge in [-0.05, 0) is 51.9 Å². The maximum absolute atomic E-state index is 12.5. The molecule has 2 aliphatic rings. The Labute approximate surface area is 132 Å². The molecule has 120 valence electrons. The quantitative estimate of drug-likeness (QED) is 0.933. The van der Waals surface area contributed by atoms with Crippen LogP contribution in [-0.4, -0.2) is 39.9 Å². The molecule has 1 aliphatic carbocycles. The van der Waals surface area contributed by atoms with Gasteiger partial charge >= 0.3 is 0 Å². The van der Waals surface area contributed by atoms with Crippen molar-refractivity contribution >= 4 is 11.7 Å². The molecule has 1 aromatic heterocycles. The number of piperidine rings is 1. The molecule has 22 heavy (non-hydrogen) atoms. The molecule has 2 fully saturated rings. The SMILES string of the molecule is Cc1cc(N[C@H]2CC[C@H](C(=O)N3CCCCC3)CC2)ncn1. The summed E-state index contributed by atoms with van der Waals surface area (Å²) in [6, 6.07) is 2.41. The molecular formula is C17H26N4O. The van der Waals surface area contributed by atoms with Crippen molar-refractivity contribution in [3.8, 4) is 0 Å². The fourth-order valence-electron chi connectivity index (χ4n) is 3.60. The Kier molecular flexibility index (Phi) is 4.90. The Morgan fingerprint density at radius 1 is 1.14 bits per heavy atom. The van der Waals surface area contributed by atoms with E-state index < -0.39 is 0 Å². The predicted molar refractivity (Wildman–Crippen MR) is 86.6 cm³/mol. The highest BCUT2D eigenvalue weighted by Gasteiger charge is 2.30. The molecule has 1 saturated carbocycles. The van der Waals surface area contributed by atoms with Crippen LogP contribution in [0.25, 0.3) is 0 Å². The average molecular weight is 302 g/mol. The number of carbonyl (C=O) groups is 1. The number of anilines is 1. The van der Waals surface area contributed by atoms with Crippen molar-refractivity contribution in [1.29, 1.82) is 0 Å². The van der Waals surface area contributed by atoms with Crippen molar-refractivity contribution in [2.75, 3.05) is 18.4 Å². The van der Waals surface area contributed by atoms with Crippen molar-refractivity contribution < 1.29 is 4.79 Å². The third kappa shape index (κ3) is 3.76. The Hall–Kier alpha value is -1.65. The molecule has 0 atom stereocenters. The van der Waals surface area contributed by atoms with Crippen molar-refractivity contribution in [3.63, 3.8) is 0 Å². The minimum Gasteiger partial charge on any atom is -0.367 e. The minimum absolute atomic E-state index is 0.239. The molecular weight excluding hydrogens is 276 g/mol. The third-order valence-corrected chi connectivity index (χ3v) is 4.90. The molecule has 1 aliphatic heterocycles. The first kappa shape index (κ1) is 15.3. The fraction of sp³-hybridized carbons (Fsp3) is 0.706. The van der Waals surface area contributed by atoms with E-state index in [2.05, 4.69) is 20.2 Å². The molecule has 5 nitrogen and oxygen atoms in total. The summed E-state index contributed by atoms with van der Waals surface area (Å²) in [6.45, 7) is 3.91. The van der Waals surface area contributed by atoms with Gasteiger partial charge in [-0.1, -0.05) is 0 Å². The Morgan fingerprint density at radius 2 is 1.86 bits per heavy atom. The molecule has 3 rings (SSSR count). The first-order chi connectivity index (χ1) is 10.7. The summed E-state index contributed by atoms with van der Waals surface area (Å²) in [5, 5.41) is 3.48. The van der Waals surface area contributed by atoms with Gasteiger partial charge in [-0.25, -0.2) is 9.97 Å². The molecule has 0 aromatic carbocycles. The number of hydrogen-bond donors (Lipinski definition) is 1. The van der Waals surface area contributed by atoms with Crippen LogP contribution in [0.1, 0.15) is 50.6 Å². The van der Waals surface area contributed by atoms with E-state index in [-0.39, 0.29) is 5.92 Å². The Balaban J connectivity index is 1.48. The van der Waals surface area contributed by atoms with Crippen LogP contribution in [0.4, 0.5) is 5.82 Å². The second-order valence-corrected chi connectivity index (χ2v) is 6.62. The Bertz CT molecular complexity index is 505. The average Bonchev–Trinajstić information content (AvgIpc) is 2.56. The molecule has 2 heterocycles. The van der Waals surface area contributed by atoms with Gasteiger partial charge in [0.25, 0.3) is 0 Å². The first-order valence-electron chi connectivity index (χ1n) is 8.56. The summed E-state index contributed by atoms with van der Waals surface area (Å²) in [4.78, 5) is 23.0. The molecule has 0 radical (unpaired) electrons. The van der Waals surface area contributed by atoms with Crippen LogP contribution in [0.5, 0.6) is 0 Å². The summed E-state index contributed by atoms with van der Waals surface area (Å²) in [7, 11) is 0. The highest BCUT2D eigenvalue weighted by molar-refractivity contribution is 5.79. The van der Waals surface area contributed by atoms with Gasteiger partial charge < -0.3 is 10.2 Å². The number of amides is 1. The predicted octanol–water partition coefficient (Wildman–Crippen LogP) is 2.77. The van der Waals surface area contributed by atoms with Crippen LogP contribution in [0.15, 0.2) is 12.4 Å². The molecule has 1 aromatic rings. The number of hydrogen-bond acceptors (Lipinski definition) is 4. The van der Waals surface area contributed by atoms with E-state index in [1.165, 1.54) is 19.3 Å². The lowest BCUT2D eigenvalue weighted by Gasteiger charge is -2.34. The van der Waals surface area contributed by atoms with E-state index in [9.17, 15) is 4.79 Å². The largest absolute Gasteiger partial charge is 0.367 e. The van der Waals surface area contributed by atoms with E-state index >= 15 is 0 Å². The summed E-state index contributed by atoms with van der Waals surface area (Å²) in [5.41, 5.74) is 0.978. The minimum atomic E-state index is 0.239. The van der Waals surface area contributed by atoms with Gasteiger partial charge in [0.2, 0.25) is 5.91 Å². The molecule has 0 bridgehead atoms. The fourth-order valence-corrected chi connectivity index (χ4v) is 3.60. The topological polar surface area (TPSA) is 58.1 Å². The number of nitrogens with zero attached hydrogens (tertiary/aromatic N) is 3. The van der Waals surface area contributed by atoms with Crippen molar-refractivity contribution in [1.82, 2.24) is 14.9 Å². The van der Waals surface area contributed by atoms with E-state index in [1.807, 2.05) is 13.0 Å². The molecule has 1 N–H and O–H groups in total. The van der Waals surface area contributed by atoms with Crippen LogP contribution in [0, 0.1) is 12.8 Å². The molecule has 0 spiro atoms. The normalized spacial score (nSPS) is 25.8. The van der Waals surface area contributed by atoms with Crippen LogP contribution in [0.2, 0.25) is 0 Å². The number of likely N-dealkylation sites (tertiary alicyclic amines) is 1. The number of aromatic nitrogens is 2. The maximum Gasteiger partial charge on any atom is 0.225 e. The van der Waals surface area contributed by atoms with Crippen molar-refractivity contribution in [3.05, 3.63) is 18.1 Å². The van der Waals surface area contributed by atoms with E-state index in [4.69, 9.17) is 0 Å². The van der Waals surface area contributed by atoms with E-state index in [0.717, 1.165) is 50.3 Å². The standard InChI is InChI=1S/C17H26N4O/c1-13-11-16(19-12-18-13)20-15-7-5-14(6-8-15)17(22)21-9-3-2-4-10-21/h11-12,14-15H,2-10H2,1H3,(H,18,19,20)/t14-,15-. The monoisotopic (exact) mass is 302 g/mol. The van der Waals surface area contributed by atoms with Gasteiger partial charge in [-0.3, -0.25) is 4.79 Å². The second-order valence-electron chi connectivity index (χ2n) is 6.62. The van der Waals surface area contributed by atoms with Crippen LogP contribution < -0.4 is 5.32 Å². The van der Waals surface area contributed by atoms with E-state index in [1.54, 1.807) is 6.33 Å². The maximum atomic E-state index is 12.5. The summed E-state index contributed by atoms with van der Waals surface area (Å²) in [5.74, 6) is 1.54. The lowest BCUT2D eigenvalue weighted by atomic mass is 9.85. The molecule has 5 heteroatoms. The van der Waals surface area contributed by atoms with Gasteiger partial charge in [-0.2, -0.15) is 0 Å². The van der Waals surface area contributed by atoms with Crippen molar-refractivity contribution in [2.24, 2.45) is 5.92 Å². The summed E-state index contributed by atoms with van der Waals surface area (Å²) in [6.07, 6.45) is 9.32.